The molecule has 0 amide bonds. The van der Waals surface area contributed by atoms with Gasteiger partial charge in [-0.2, -0.15) is 0 Å². The zero-order valence-electron chi connectivity index (χ0n) is 11.1. The summed E-state index contributed by atoms with van der Waals surface area (Å²) in [7, 11) is -2.10. The van der Waals surface area contributed by atoms with Gasteiger partial charge in [0.15, 0.2) is 0 Å². The first-order valence-electron chi connectivity index (χ1n) is 6.12. The van der Waals surface area contributed by atoms with Crippen LogP contribution in [0.4, 0.5) is 11.4 Å². The summed E-state index contributed by atoms with van der Waals surface area (Å²) in [6.07, 6.45) is 2.35. The molecule has 0 aliphatic heterocycles. The number of sulfonamides is 1. The fourth-order valence-corrected chi connectivity index (χ4v) is 2.53. The molecule has 0 saturated carbocycles. The van der Waals surface area contributed by atoms with Crippen LogP contribution in [0.3, 0.4) is 0 Å². The van der Waals surface area contributed by atoms with Crippen LogP contribution in [0.25, 0.3) is 0 Å². The highest BCUT2D eigenvalue weighted by Gasteiger charge is 2.12. The first-order valence-corrected chi connectivity index (χ1v) is 7.60. The quantitative estimate of drug-likeness (QED) is 0.700. The number of nitrogens with two attached hydrogens (primary N) is 1. The fourth-order valence-electron chi connectivity index (χ4n) is 1.76. The Kier molecular flexibility index (Phi) is 4.31. The Hall–Kier alpha value is -1.99. The van der Waals surface area contributed by atoms with Crippen molar-refractivity contribution in [1.82, 2.24) is 4.72 Å². The molecular weight excluding hydrogens is 278 g/mol. The summed E-state index contributed by atoms with van der Waals surface area (Å²) in [5, 5.41) is 3.15. The van der Waals surface area contributed by atoms with Gasteiger partial charge in [-0.05, 0) is 37.4 Å². The highest BCUT2D eigenvalue weighted by Crippen LogP contribution is 2.22. The third kappa shape index (κ3) is 3.31. The second kappa shape index (κ2) is 5.98. The topological polar surface area (TPSA) is 97.4 Å². The second-order valence-electron chi connectivity index (χ2n) is 4.21. The molecule has 108 valence electrons. The molecule has 1 aromatic heterocycles. The van der Waals surface area contributed by atoms with E-state index in [4.69, 9.17) is 10.2 Å². The fraction of sp³-hybridized carbons (Fsp3) is 0.231. The molecule has 2 aromatic rings. The molecule has 6 nitrogen and oxygen atoms in total. The van der Waals surface area contributed by atoms with Gasteiger partial charge in [0.1, 0.15) is 5.76 Å². The SMILES string of the molecule is CNS(=O)(=O)c1ccc(NCCc2ccco2)c(N)c1. The van der Waals surface area contributed by atoms with E-state index in [1.165, 1.54) is 19.2 Å². The number of nitrogens with one attached hydrogen (secondary N) is 2. The zero-order chi connectivity index (χ0) is 14.6. The number of nitrogen functional groups attached to an aromatic ring is 1. The predicted octanol–water partition coefficient (Wildman–Crippen LogP) is 1.42. The highest BCUT2D eigenvalue weighted by atomic mass is 32.2. The van der Waals surface area contributed by atoms with Gasteiger partial charge in [0.2, 0.25) is 10.0 Å². The minimum absolute atomic E-state index is 0.147. The summed E-state index contributed by atoms with van der Waals surface area (Å²) in [6, 6.07) is 8.33. The Morgan fingerprint density at radius 1 is 1.30 bits per heavy atom. The van der Waals surface area contributed by atoms with Crippen molar-refractivity contribution in [3.8, 4) is 0 Å². The normalized spacial score (nSPS) is 11.4. The number of benzene rings is 1. The summed E-state index contributed by atoms with van der Waals surface area (Å²) in [5.41, 5.74) is 6.94. The van der Waals surface area contributed by atoms with Crippen molar-refractivity contribution in [1.29, 1.82) is 0 Å². The van der Waals surface area contributed by atoms with Gasteiger partial charge in [-0.3, -0.25) is 0 Å². The summed E-state index contributed by atoms with van der Waals surface area (Å²) in [5.74, 6) is 0.880. The molecular formula is C13H17N3O3S. The number of hydrogen-bond donors (Lipinski definition) is 3. The zero-order valence-corrected chi connectivity index (χ0v) is 11.9. The Labute approximate surface area is 118 Å². The maximum absolute atomic E-state index is 11.6. The van der Waals surface area contributed by atoms with E-state index < -0.39 is 10.0 Å². The average molecular weight is 295 g/mol. The van der Waals surface area contributed by atoms with E-state index >= 15 is 0 Å². The molecule has 0 bridgehead atoms. The monoisotopic (exact) mass is 295 g/mol. The number of rotatable bonds is 6. The molecule has 0 unspecified atom stereocenters. The molecule has 20 heavy (non-hydrogen) atoms. The molecule has 0 radical (unpaired) electrons. The Morgan fingerprint density at radius 2 is 2.10 bits per heavy atom. The Bertz CT molecular complexity index is 666. The van der Waals surface area contributed by atoms with Gasteiger partial charge in [0.25, 0.3) is 0 Å². The predicted molar refractivity (Wildman–Crippen MR) is 78.0 cm³/mol. The van der Waals surface area contributed by atoms with Crippen molar-refractivity contribution >= 4 is 21.4 Å². The van der Waals surface area contributed by atoms with Crippen LogP contribution in [0.15, 0.2) is 45.9 Å². The lowest BCUT2D eigenvalue weighted by molar-refractivity contribution is 0.513. The van der Waals surface area contributed by atoms with E-state index in [2.05, 4.69) is 10.0 Å². The number of anilines is 2. The summed E-state index contributed by atoms with van der Waals surface area (Å²) >= 11 is 0. The van der Waals surface area contributed by atoms with Gasteiger partial charge in [-0.15, -0.1) is 0 Å². The first-order chi connectivity index (χ1) is 9.53. The first kappa shape index (κ1) is 14.4. The van der Waals surface area contributed by atoms with Crippen molar-refractivity contribution in [2.45, 2.75) is 11.3 Å². The third-order valence-corrected chi connectivity index (χ3v) is 4.28. The molecule has 0 spiro atoms. The van der Waals surface area contributed by atoms with E-state index in [0.29, 0.717) is 17.9 Å². The minimum Gasteiger partial charge on any atom is -0.469 e. The minimum atomic E-state index is -3.47. The number of hydrogen-bond acceptors (Lipinski definition) is 5. The second-order valence-corrected chi connectivity index (χ2v) is 6.10. The van der Waals surface area contributed by atoms with Gasteiger partial charge in [-0.1, -0.05) is 0 Å². The van der Waals surface area contributed by atoms with Crippen LogP contribution < -0.4 is 15.8 Å². The van der Waals surface area contributed by atoms with E-state index in [9.17, 15) is 8.42 Å². The number of furan rings is 1. The summed E-state index contributed by atoms with van der Waals surface area (Å²) in [4.78, 5) is 0.147. The molecule has 4 N–H and O–H groups in total. The van der Waals surface area contributed by atoms with Gasteiger partial charge < -0.3 is 15.5 Å². The largest absolute Gasteiger partial charge is 0.469 e. The molecule has 0 atom stereocenters. The van der Waals surface area contributed by atoms with E-state index in [-0.39, 0.29) is 4.90 Å². The maximum atomic E-state index is 11.6. The van der Waals surface area contributed by atoms with Crippen LogP contribution in [-0.2, 0) is 16.4 Å². The van der Waals surface area contributed by atoms with E-state index in [1.807, 2.05) is 12.1 Å². The molecule has 1 aromatic carbocycles. The van der Waals surface area contributed by atoms with Crippen LogP contribution in [-0.4, -0.2) is 22.0 Å². The van der Waals surface area contributed by atoms with Gasteiger partial charge >= 0.3 is 0 Å². The van der Waals surface area contributed by atoms with Gasteiger partial charge in [0, 0.05) is 13.0 Å². The van der Waals surface area contributed by atoms with Gasteiger partial charge in [-0.25, -0.2) is 13.1 Å². The lowest BCUT2D eigenvalue weighted by atomic mass is 10.2. The smallest absolute Gasteiger partial charge is 0.240 e. The molecule has 2 rings (SSSR count). The third-order valence-electron chi connectivity index (χ3n) is 2.87. The maximum Gasteiger partial charge on any atom is 0.240 e. The van der Waals surface area contributed by atoms with Crippen molar-refractivity contribution in [3.63, 3.8) is 0 Å². The Morgan fingerprint density at radius 3 is 2.70 bits per heavy atom. The van der Waals surface area contributed by atoms with Crippen LogP contribution in [0.1, 0.15) is 5.76 Å². The van der Waals surface area contributed by atoms with Gasteiger partial charge in [0.05, 0.1) is 22.5 Å². The lowest BCUT2D eigenvalue weighted by Gasteiger charge is -2.10. The molecule has 1 heterocycles. The molecule has 0 fully saturated rings. The summed E-state index contributed by atoms with van der Waals surface area (Å²) in [6.45, 7) is 0.649. The van der Waals surface area contributed by atoms with E-state index in [1.54, 1.807) is 12.3 Å². The van der Waals surface area contributed by atoms with Crippen LogP contribution >= 0.6 is 0 Å². The van der Waals surface area contributed by atoms with Crippen LogP contribution in [0.2, 0.25) is 0 Å². The Balaban J connectivity index is 2.03. The van der Waals surface area contributed by atoms with Crippen molar-refractivity contribution in [3.05, 3.63) is 42.4 Å². The van der Waals surface area contributed by atoms with Crippen molar-refractivity contribution in [2.24, 2.45) is 0 Å². The average Bonchev–Trinajstić information content (AvgIpc) is 2.93. The van der Waals surface area contributed by atoms with Crippen molar-refractivity contribution in [2.75, 3.05) is 24.6 Å². The van der Waals surface area contributed by atoms with Crippen molar-refractivity contribution < 1.29 is 12.8 Å². The standard InChI is InChI=1S/C13H17N3O3S/c1-15-20(17,18)11-4-5-13(12(14)9-11)16-7-6-10-3-2-8-19-10/h2-5,8-9,15-16H,6-7,14H2,1H3. The summed E-state index contributed by atoms with van der Waals surface area (Å²) < 4.78 is 30.7. The molecule has 0 aliphatic carbocycles. The van der Waals surface area contributed by atoms with Crippen LogP contribution in [0.5, 0.6) is 0 Å². The lowest BCUT2D eigenvalue weighted by Crippen LogP contribution is -2.19. The highest BCUT2D eigenvalue weighted by molar-refractivity contribution is 7.89. The molecule has 0 saturated heterocycles. The van der Waals surface area contributed by atoms with E-state index in [0.717, 1.165) is 12.2 Å². The molecule has 7 heteroatoms. The molecule has 0 aliphatic rings. The van der Waals surface area contributed by atoms with Crippen LogP contribution in [0, 0.1) is 0 Å².